The maximum atomic E-state index is 15.0. The normalized spacial score (nSPS) is 35.6. The standard InChI is InChI=1S/C28H31F5O3/c1-15(34)16-3-5-17(6-4-16)22-14-25(2)23(11-12-26(25,36)27(29,30)28(31,32)33)21-9-7-18-13-19(35)8-10-20(18)24(21)22/h3-6,13,15,21-23,34,36H,7-12,14H2,1-2H3/t15-,21?,22-,23?,25+,26+/m1/s1. The van der Waals surface area contributed by atoms with Crippen molar-refractivity contribution in [3.05, 3.63) is 58.2 Å². The lowest BCUT2D eigenvalue weighted by Crippen LogP contribution is -2.65. The summed E-state index contributed by atoms with van der Waals surface area (Å²) < 4.78 is 70.8. The molecule has 2 saturated carbocycles. The second-order valence-corrected chi connectivity index (χ2v) is 11.3. The van der Waals surface area contributed by atoms with Gasteiger partial charge < -0.3 is 10.2 Å². The molecule has 0 aliphatic heterocycles. The molecule has 4 aliphatic carbocycles. The fourth-order valence-electron chi connectivity index (χ4n) is 7.72. The molecular weight excluding hydrogens is 479 g/mol. The maximum Gasteiger partial charge on any atom is 0.456 e. The topological polar surface area (TPSA) is 57.5 Å². The molecule has 196 valence electrons. The number of alkyl halides is 5. The summed E-state index contributed by atoms with van der Waals surface area (Å²) in [5.74, 6) is -6.44. The summed E-state index contributed by atoms with van der Waals surface area (Å²) in [5.41, 5.74) is -0.436. The number of aliphatic hydroxyl groups excluding tert-OH is 1. The van der Waals surface area contributed by atoms with Gasteiger partial charge in [0, 0.05) is 17.8 Å². The van der Waals surface area contributed by atoms with Crippen molar-refractivity contribution in [3.63, 3.8) is 0 Å². The van der Waals surface area contributed by atoms with Gasteiger partial charge in [0.05, 0.1) is 6.10 Å². The van der Waals surface area contributed by atoms with E-state index in [0.717, 1.165) is 22.3 Å². The zero-order valence-corrected chi connectivity index (χ0v) is 20.3. The van der Waals surface area contributed by atoms with Crippen LogP contribution in [-0.4, -0.2) is 33.7 Å². The number of carbonyl (C=O) groups excluding carboxylic acids is 1. The van der Waals surface area contributed by atoms with Crippen molar-refractivity contribution >= 4 is 5.78 Å². The lowest BCUT2D eigenvalue weighted by atomic mass is 9.50. The molecule has 2 fully saturated rings. The lowest BCUT2D eigenvalue weighted by Gasteiger charge is -2.56. The number of halogens is 5. The molecule has 4 aliphatic rings. The third-order valence-corrected chi connectivity index (χ3v) is 9.58. The molecule has 0 heterocycles. The molecule has 6 atom stereocenters. The van der Waals surface area contributed by atoms with E-state index in [1.807, 2.05) is 0 Å². The van der Waals surface area contributed by atoms with Gasteiger partial charge in [-0.25, -0.2) is 0 Å². The molecule has 8 heteroatoms. The Morgan fingerprint density at radius 2 is 1.69 bits per heavy atom. The minimum atomic E-state index is -5.86. The minimum Gasteiger partial charge on any atom is -0.389 e. The van der Waals surface area contributed by atoms with E-state index >= 15 is 0 Å². The SMILES string of the molecule is C[C@@H](O)c1ccc([C@H]2C[C@@]3(C)C(CC[C@@]3(O)C(F)(F)C(F)(F)F)C3CCC4=CC(=O)CCC4=C32)cc1. The number of rotatable bonds is 3. The van der Waals surface area contributed by atoms with Gasteiger partial charge in [0.25, 0.3) is 0 Å². The van der Waals surface area contributed by atoms with Crippen LogP contribution in [0.5, 0.6) is 0 Å². The minimum absolute atomic E-state index is 0.0475. The van der Waals surface area contributed by atoms with Crippen molar-refractivity contribution < 1.29 is 37.0 Å². The van der Waals surface area contributed by atoms with E-state index in [4.69, 9.17) is 0 Å². The first-order chi connectivity index (χ1) is 16.7. The Morgan fingerprint density at radius 1 is 1.03 bits per heavy atom. The molecule has 2 unspecified atom stereocenters. The average Bonchev–Trinajstić information content (AvgIpc) is 3.09. The first kappa shape index (κ1) is 25.6. The molecule has 2 N–H and O–H groups in total. The molecular formula is C28H31F5O3. The predicted octanol–water partition coefficient (Wildman–Crippen LogP) is 6.57. The van der Waals surface area contributed by atoms with Gasteiger partial charge in [0.2, 0.25) is 0 Å². The van der Waals surface area contributed by atoms with Crippen molar-refractivity contribution in [2.24, 2.45) is 17.3 Å². The van der Waals surface area contributed by atoms with Crippen LogP contribution in [0.3, 0.4) is 0 Å². The van der Waals surface area contributed by atoms with Crippen molar-refractivity contribution in [3.8, 4) is 0 Å². The Balaban J connectivity index is 1.68. The Labute approximate surface area is 207 Å². The van der Waals surface area contributed by atoms with Gasteiger partial charge in [-0.05, 0) is 85.6 Å². The summed E-state index contributed by atoms with van der Waals surface area (Å²) in [6.45, 7) is 3.04. The van der Waals surface area contributed by atoms with Crippen LogP contribution < -0.4 is 0 Å². The number of hydrogen-bond donors (Lipinski definition) is 2. The first-order valence-electron chi connectivity index (χ1n) is 12.6. The molecule has 36 heavy (non-hydrogen) atoms. The Morgan fingerprint density at radius 3 is 2.31 bits per heavy atom. The summed E-state index contributed by atoms with van der Waals surface area (Å²) in [5, 5.41) is 21.2. The van der Waals surface area contributed by atoms with Crippen LogP contribution in [-0.2, 0) is 4.79 Å². The van der Waals surface area contributed by atoms with E-state index in [2.05, 4.69) is 0 Å². The molecule has 0 bridgehead atoms. The van der Waals surface area contributed by atoms with Gasteiger partial charge in [-0.1, -0.05) is 36.8 Å². The predicted molar refractivity (Wildman–Crippen MR) is 123 cm³/mol. The van der Waals surface area contributed by atoms with Gasteiger partial charge >= 0.3 is 12.1 Å². The highest BCUT2D eigenvalue weighted by Gasteiger charge is 2.79. The summed E-state index contributed by atoms with van der Waals surface area (Å²) >= 11 is 0. The number of benzene rings is 1. The van der Waals surface area contributed by atoms with Gasteiger partial charge in [0.1, 0.15) is 5.60 Å². The first-order valence-corrected chi connectivity index (χ1v) is 12.6. The number of ketones is 1. The number of fused-ring (bicyclic) bond motifs is 4. The third kappa shape index (κ3) is 3.46. The molecule has 0 spiro atoms. The van der Waals surface area contributed by atoms with Crippen LogP contribution >= 0.6 is 0 Å². The van der Waals surface area contributed by atoms with Crippen LogP contribution in [0.2, 0.25) is 0 Å². The highest BCUT2D eigenvalue weighted by molar-refractivity contribution is 5.93. The van der Waals surface area contributed by atoms with Gasteiger partial charge in [-0.2, -0.15) is 22.0 Å². The van der Waals surface area contributed by atoms with Crippen LogP contribution in [0, 0.1) is 17.3 Å². The van der Waals surface area contributed by atoms with E-state index in [-0.39, 0.29) is 24.5 Å². The van der Waals surface area contributed by atoms with Gasteiger partial charge in [-0.3, -0.25) is 4.79 Å². The van der Waals surface area contributed by atoms with Gasteiger partial charge in [-0.15, -0.1) is 0 Å². The third-order valence-electron chi connectivity index (χ3n) is 9.58. The zero-order chi connectivity index (χ0) is 26.3. The summed E-state index contributed by atoms with van der Waals surface area (Å²) in [6, 6.07) is 7.07. The van der Waals surface area contributed by atoms with Crippen molar-refractivity contribution in [1.82, 2.24) is 0 Å². The van der Waals surface area contributed by atoms with Crippen LogP contribution in [0.15, 0.2) is 47.1 Å². The quantitative estimate of drug-likeness (QED) is 0.453. The summed E-state index contributed by atoms with van der Waals surface area (Å²) in [4.78, 5) is 12.1. The van der Waals surface area contributed by atoms with Crippen molar-refractivity contribution in [2.75, 3.05) is 0 Å². The Bertz CT molecular complexity index is 1130. The Kier molecular flexibility index (Phi) is 5.84. The molecule has 5 rings (SSSR count). The smallest absolute Gasteiger partial charge is 0.389 e. The number of allylic oxidation sites excluding steroid dienone is 4. The highest BCUT2D eigenvalue weighted by atomic mass is 19.4. The fourth-order valence-corrected chi connectivity index (χ4v) is 7.72. The number of carbonyl (C=O) groups is 1. The molecule has 0 amide bonds. The van der Waals surface area contributed by atoms with E-state index in [1.54, 1.807) is 37.3 Å². The van der Waals surface area contributed by atoms with E-state index < -0.39 is 47.5 Å². The molecule has 1 aromatic carbocycles. The maximum absolute atomic E-state index is 15.0. The van der Waals surface area contributed by atoms with E-state index in [9.17, 15) is 37.0 Å². The van der Waals surface area contributed by atoms with Crippen LogP contribution in [0.25, 0.3) is 0 Å². The molecule has 0 radical (unpaired) electrons. The second kappa shape index (κ2) is 8.22. The monoisotopic (exact) mass is 510 g/mol. The van der Waals surface area contributed by atoms with Crippen molar-refractivity contribution in [2.45, 2.75) is 88.5 Å². The van der Waals surface area contributed by atoms with E-state index in [1.165, 1.54) is 6.92 Å². The second-order valence-electron chi connectivity index (χ2n) is 11.3. The van der Waals surface area contributed by atoms with Crippen LogP contribution in [0.4, 0.5) is 22.0 Å². The number of hydrogen-bond acceptors (Lipinski definition) is 3. The lowest BCUT2D eigenvalue weighted by molar-refractivity contribution is -0.362. The van der Waals surface area contributed by atoms with Gasteiger partial charge in [0.15, 0.2) is 5.78 Å². The van der Waals surface area contributed by atoms with E-state index in [0.29, 0.717) is 31.2 Å². The fraction of sp³-hybridized carbons (Fsp3) is 0.607. The van der Waals surface area contributed by atoms with Crippen LogP contribution in [0.1, 0.15) is 81.9 Å². The Hall–Kier alpha value is -2.06. The number of aliphatic hydroxyl groups is 2. The molecule has 1 aromatic rings. The highest BCUT2D eigenvalue weighted by Crippen LogP contribution is 2.70. The average molecular weight is 511 g/mol. The molecule has 0 aromatic heterocycles. The largest absolute Gasteiger partial charge is 0.456 e. The van der Waals surface area contributed by atoms with Crippen molar-refractivity contribution in [1.29, 1.82) is 0 Å². The zero-order valence-electron chi connectivity index (χ0n) is 20.3. The summed E-state index contributed by atoms with van der Waals surface area (Å²) in [7, 11) is 0. The summed E-state index contributed by atoms with van der Waals surface area (Å²) in [6.07, 6.45) is -3.49. The molecule has 3 nitrogen and oxygen atoms in total. The molecule has 0 saturated heterocycles.